The molecular weight excluding hydrogens is 492 g/mol. The third-order valence-electron chi connectivity index (χ3n) is 5.72. The summed E-state index contributed by atoms with van der Waals surface area (Å²) in [7, 11) is 0. The van der Waals surface area contributed by atoms with Crippen LogP contribution in [0.5, 0.6) is 0 Å². The minimum absolute atomic E-state index is 0.0304. The number of amides is 1. The van der Waals surface area contributed by atoms with E-state index in [0.29, 0.717) is 32.6 Å². The van der Waals surface area contributed by atoms with E-state index >= 15 is 0 Å². The van der Waals surface area contributed by atoms with Crippen molar-refractivity contribution < 1.29 is 9.72 Å². The van der Waals surface area contributed by atoms with Gasteiger partial charge in [-0.15, -0.1) is 0 Å². The van der Waals surface area contributed by atoms with E-state index in [2.05, 4.69) is 0 Å². The molecule has 1 amide bonds. The summed E-state index contributed by atoms with van der Waals surface area (Å²) in [5.41, 5.74) is 4.72. The minimum atomic E-state index is -0.437. The van der Waals surface area contributed by atoms with Crippen molar-refractivity contribution in [2.75, 3.05) is 0 Å². The highest BCUT2D eigenvalue weighted by Gasteiger charge is 2.32. The fourth-order valence-electron chi connectivity index (χ4n) is 3.85. The van der Waals surface area contributed by atoms with E-state index in [-0.39, 0.29) is 11.6 Å². The van der Waals surface area contributed by atoms with Gasteiger partial charge in [0.15, 0.2) is 0 Å². The fourth-order valence-corrected chi connectivity index (χ4v) is 5.10. The number of nitro benzene ring substituents is 1. The second-order valence-corrected chi connectivity index (χ2v) is 9.95. The molecule has 1 aromatic heterocycles. The molecule has 1 fully saturated rings. The summed E-state index contributed by atoms with van der Waals surface area (Å²) >= 11 is 6.76. The zero-order valence-corrected chi connectivity index (χ0v) is 20.8. The number of hydrogen-bond acceptors (Lipinski definition) is 6. The molecule has 9 heteroatoms. The molecule has 36 heavy (non-hydrogen) atoms. The van der Waals surface area contributed by atoms with Crippen LogP contribution in [0.3, 0.4) is 0 Å². The van der Waals surface area contributed by atoms with Crippen molar-refractivity contribution >= 4 is 46.0 Å². The Hall–Kier alpha value is -4.08. The van der Waals surface area contributed by atoms with Crippen molar-refractivity contribution in [2.45, 2.75) is 13.5 Å². The normalized spacial score (nSPS) is 14.6. The summed E-state index contributed by atoms with van der Waals surface area (Å²) in [4.78, 5) is 26.3. The number of hydrogen-bond donors (Lipinski definition) is 0. The number of aromatic nitrogens is 2. The van der Waals surface area contributed by atoms with Crippen LogP contribution in [0.1, 0.15) is 16.7 Å². The van der Waals surface area contributed by atoms with Gasteiger partial charge in [-0.1, -0.05) is 84.1 Å². The van der Waals surface area contributed by atoms with Gasteiger partial charge in [0.05, 0.1) is 22.1 Å². The third kappa shape index (κ3) is 4.84. The molecule has 0 radical (unpaired) electrons. The van der Waals surface area contributed by atoms with Crippen molar-refractivity contribution in [3.63, 3.8) is 0 Å². The predicted molar refractivity (Wildman–Crippen MR) is 146 cm³/mol. The summed E-state index contributed by atoms with van der Waals surface area (Å²) in [6.45, 7) is 2.41. The smallest absolute Gasteiger partial charge is 0.270 e. The second kappa shape index (κ2) is 9.88. The Bertz CT molecular complexity index is 1510. The van der Waals surface area contributed by atoms with E-state index in [1.165, 1.54) is 23.9 Å². The van der Waals surface area contributed by atoms with Gasteiger partial charge >= 0.3 is 0 Å². The van der Waals surface area contributed by atoms with Gasteiger partial charge in [0, 0.05) is 29.5 Å². The predicted octanol–water partition coefficient (Wildman–Crippen LogP) is 6.16. The molecule has 0 spiro atoms. The Morgan fingerprint density at radius 2 is 1.81 bits per heavy atom. The van der Waals surface area contributed by atoms with E-state index in [9.17, 15) is 14.9 Å². The number of non-ortho nitro benzene ring substituents is 1. The highest BCUT2D eigenvalue weighted by Crippen LogP contribution is 2.36. The molecular formula is C27H20N4O3S2. The number of carbonyl (C=O) groups excluding carboxylic acids is 1. The van der Waals surface area contributed by atoms with Gasteiger partial charge in [-0.3, -0.25) is 19.8 Å². The molecule has 4 aromatic rings. The van der Waals surface area contributed by atoms with Gasteiger partial charge in [-0.2, -0.15) is 5.10 Å². The molecule has 0 saturated carbocycles. The van der Waals surface area contributed by atoms with Crippen LogP contribution >= 0.6 is 24.0 Å². The quantitative estimate of drug-likeness (QED) is 0.133. The lowest BCUT2D eigenvalue weighted by Gasteiger charge is -2.14. The van der Waals surface area contributed by atoms with Crippen LogP contribution < -0.4 is 0 Å². The molecule has 1 saturated heterocycles. The molecule has 7 nitrogen and oxygen atoms in total. The number of aryl methyl sites for hydroxylation is 1. The number of para-hydroxylation sites is 1. The van der Waals surface area contributed by atoms with Crippen molar-refractivity contribution in [3.8, 4) is 16.9 Å². The lowest BCUT2D eigenvalue weighted by Crippen LogP contribution is -2.27. The van der Waals surface area contributed by atoms with Crippen molar-refractivity contribution in [1.29, 1.82) is 0 Å². The van der Waals surface area contributed by atoms with Crippen LogP contribution in [0, 0.1) is 17.0 Å². The number of carbonyl (C=O) groups is 1. The van der Waals surface area contributed by atoms with E-state index in [4.69, 9.17) is 17.3 Å². The maximum absolute atomic E-state index is 13.3. The molecule has 5 rings (SSSR count). The summed E-state index contributed by atoms with van der Waals surface area (Å²) < 4.78 is 2.19. The molecule has 1 aliphatic heterocycles. The van der Waals surface area contributed by atoms with Crippen LogP contribution in [0.15, 0.2) is 90.0 Å². The first kappa shape index (κ1) is 23.7. The summed E-state index contributed by atoms with van der Waals surface area (Å²) in [5.74, 6) is -0.178. The van der Waals surface area contributed by atoms with Crippen molar-refractivity contribution in [1.82, 2.24) is 14.7 Å². The maximum atomic E-state index is 13.3. The van der Waals surface area contributed by atoms with Crippen LogP contribution in [0.2, 0.25) is 0 Å². The van der Waals surface area contributed by atoms with Gasteiger partial charge < -0.3 is 0 Å². The first-order chi connectivity index (χ1) is 17.4. The molecule has 2 heterocycles. The molecule has 0 atom stereocenters. The Balaban J connectivity index is 1.53. The Labute approximate surface area is 217 Å². The number of thioether (sulfide) groups is 1. The SMILES string of the molecule is Cc1ccc(CN2C(=O)C(=Cc3cn(-c4ccccc4)nc3-c3cccc([N+](=O)[O-])c3)SC2=S)cc1. The van der Waals surface area contributed by atoms with Gasteiger partial charge in [0.2, 0.25) is 0 Å². The molecule has 178 valence electrons. The zero-order valence-electron chi connectivity index (χ0n) is 19.2. The number of thiocarbonyl (C=S) groups is 1. The first-order valence-corrected chi connectivity index (χ1v) is 12.3. The summed E-state index contributed by atoms with van der Waals surface area (Å²) in [6, 6.07) is 23.8. The number of nitro groups is 1. The van der Waals surface area contributed by atoms with E-state index in [1.807, 2.05) is 67.7 Å². The highest BCUT2D eigenvalue weighted by atomic mass is 32.2. The Morgan fingerprint density at radius 3 is 2.53 bits per heavy atom. The summed E-state index contributed by atoms with van der Waals surface area (Å²) in [5, 5.41) is 16.1. The van der Waals surface area contributed by atoms with E-state index < -0.39 is 4.92 Å². The van der Waals surface area contributed by atoms with Crippen LogP contribution in [0.25, 0.3) is 23.0 Å². The third-order valence-corrected chi connectivity index (χ3v) is 7.09. The average Bonchev–Trinajstić information content (AvgIpc) is 3.42. The van der Waals surface area contributed by atoms with Gasteiger partial charge in [-0.25, -0.2) is 4.68 Å². The van der Waals surface area contributed by atoms with E-state index in [1.54, 1.807) is 27.8 Å². The monoisotopic (exact) mass is 512 g/mol. The topological polar surface area (TPSA) is 81.3 Å². The molecule has 0 aliphatic carbocycles. The Kier molecular flexibility index (Phi) is 6.49. The minimum Gasteiger partial charge on any atom is -0.288 e. The Morgan fingerprint density at radius 1 is 1.06 bits per heavy atom. The largest absolute Gasteiger partial charge is 0.288 e. The number of rotatable bonds is 6. The molecule has 1 aliphatic rings. The molecule has 0 bridgehead atoms. The molecule has 3 aromatic carbocycles. The lowest BCUT2D eigenvalue weighted by molar-refractivity contribution is -0.384. The standard InChI is InChI=1S/C27H20N4O3S2/c1-18-10-12-19(13-11-18)16-29-26(32)24(36-27(29)35)15-21-17-30(22-7-3-2-4-8-22)28-25(21)20-6-5-9-23(14-20)31(33)34/h2-15,17H,16H2,1H3. The summed E-state index contributed by atoms with van der Waals surface area (Å²) in [6.07, 6.45) is 3.57. The van der Waals surface area contributed by atoms with Crippen molar-refractivity contribution in [3.05, 3.63) is 117 Å². The van der Waals surface area contributed by atoms with Crippen LogP contribution in [-0.4, -0.2) is 29.8 Å². The number of benzene rings is 3. The zero-order chi connectivity index (χ0) is 25.2. The molecule has 0 N–H and O–H groups in total. The van der Waals surface area contributed by atoms with Gasteiger partial charge in [0.25, 0.3) is 11.6 Å². The fraction of sp³-hybridized carbons (Fsp3) is 0.0741. The average molecular weight is 513 g/mol. The van der Waals surface area contributed by atoms with Crippen LogP contribution in [-0.2, 0) is 11.3 Å². The molecule has 0 unspecified atom stereocenters. The second-order valence-electron chi connectivity index (χ2n) is 8.27. The van der Waals surface area contributed by atoms with E-state index in [0.717, 1.165) is 16.8 Å². The van der Waals surface area contributed by atoms with Crippen LogP contribution in [0.4, 0.5) is 5.69 Å². The van der Waals surface area contributed by atoms with Gasteiger partial charge in [-0.05, 0) is 30.7 Å². The number of nitrogens with zero attached hydrogens (tertiary/aromatic N) is 4. The maximum Gasteiger partial charge on any atom is 0.270 e. The highest BCUT2D eigenvalue weighted by molar-refractivity contribution is 8.26. The van der Waals surface area contributed by atoms with Crippen molar-refractivity contribution in [2.24, 2.45) is 0 Å². The van der Waals surface area contributed by atoms with Gasteiger partial charge in [0.1, 0.15) is 10.0 Å². The first-order valence-electron chi connectivity index (χ1n) is 11.1. The lowest BCUT2D eigenvalue weighted by atomic mass is 10.1.